The maximum Gasteiger partial charge on any atom is 0.231 e. The Hall–Kier alpha value is -1.59. The van der Waals surface area contributed by atoms with Gasteiger partial charge in [0.15, 0.2) is 11.5 Å². The monoisotopic (exact) mass is 320 g/mol. The minimum atomic E-state index is 0.301. The van der Waals surface area contributed by atoms with Crippen molar-refractivity contribution in [2.75, 3.05) is 6.79 Å². The number of halogens is 1. The zero-order chi connectivity index (χ0) is 13.1. The van der Waals surface area contributed by atoms with Crippen molar-refractivity contribution in [3.63, 3.8) is 0 Å². The number of hydrogen-bond donors (Lipinski definition) is 1. The Labute approximate surface area is 119 Å². The lowest BCUT2D eigenvalue weighted by atomic mass is 10.2. The van der Waals surface area contributed by atoms with Gasteiger partial charge in [0, 0.05) is 30.0 Å². The molecule has 0 saturated heterocycles. The van der Waals surface area contributed by atoms with Gasteiger partial charge in [-0.2, -0.15) is 0 Å². The molecule has 2 heterocycles. The summed E-state index contributed by atoms with van der Waals surface area (Å²) < 4.78 is 11.7. The third kappa shape index (κ3) is 2.88. The van der Waals surface area contributed by atoms with E-state index in [4.69, 9.17) is 9.47 Å². The van der Waals surface area contributed by atoms with Crippen LogP contribution in [-0.4, -0.2) is 11.8 Å². The topological polar surface area (TPSA) is 43.4 Å². The van der Waals surface area contributed by atoms with Gasteiger partial charge in [-0.05, 0) is 35.4 Å². The van der Waals surface area contributed by atoms with Crippen molar-refractivity contribution in [2.45, 2.75) is 13.1 Å². The summed E-state index contributed by atoms with van der Waals surface area (Å²) in [4.78, 5) is 4.00. The number of hydrogen-bond acceptors (Lipinski definition) is 4. The molecule has 0 unspecified atom stereocenters. The molecule has 19 heavy (non-hydrogen) atoms. The van der Waals surface area contributed by atoms with E-state index in [1.807, 2.05) is 24.3 Å². The molecule has 4 nitrogen and oxygen atoms in total. The van der Waals surface area contributed by atoms with Gasteiger partial charge < -0.3 is 14.8 Å². The highest BCUT2D eigenvalue weighted by Crippen LogP contribution is 2.36. The summed E-state index contributed by atoms with van der Waals surface area (Å²) in [5, 5.41) is 3.40. The van der Waals surface area contributed by atoms with Gasteiger partial charge in [-0.25, -0.2) is 0 Å². The molecule has 0 fully saturated rings. The van der Waals surface area contributed by atoms with Crippen LogP contribution in [0.1, 0.15) is 11.1 Å². The van der Waals surface area contributed by atoms with Crippen LogP contribution in [0.2, 0.25) is 0 Å². The molecular weight excluding hydrogens is 308 g/mol. The molecule has 1 aromatic carbocycles. The quantitative estimate of drug-likeness (QED) is 0.940. The fourth-order valence-corrected chi connectivity index (χ4v) is 2.40. The summed E-state index contributed by atoms with van der Waals surface area (Å²) in [5.41, 5.74) is 2.37. The van der Waals surface area contributed by atoms with Crippen LogP contribution >= 0.6 is 15.9 Å². The Morgan fingerprint density at radius 2 is 1.84 bits per heavy atom. The summed E-state index contributed by atoms with van der Waals surface area (Å²) in [7, 11) is 0. The second-order valence-electron chi connectivity index (χ2n) is 4.26. The van der Waals surface area contributed by atoms with Crippen molar-refractivity contribution in [3.8, 4) is 11.5 Å². The van der Waals surface area contributed by atoms with E-state index in [2.05, 4.69) is 26.2 Å². The number of benzene rings is 1. The van der Waals surface area contributed by atoms with Crippen molar-refractivity contribution in [2.24, 2.45) is 0 Å². The average Bonchev–Trinajstić information content (AvgIpc) is 2.87. The van der Waals surface area contributed by atoms with Gasteiger partial charge in [-0.15, -0.1) is 0 Å². The molecule has 1 aliphatic heterocycles. The van der Waals surface area contributed by atoms with Gasteiger partial charge in [0.2, 0.25) is 6.79 Å². The third-order valence-corrected chi connectivity index (χ3v) is 3.67. The van der Waals surface area contributed by atoms with Crippen molar-refractivity contribution >= 4 is 15.9 Å². The smallest absolute Gasteiger partial charge is 0.231 e. The molecule has 0 aliphatic carbocycles. The molecule has 1 aliphatic rings. The van der Waals surface area contributed by atoms with Crippen LogP contribution < -0.4 is 14.8 Å². The van der Waals surface area contributed by atoms with Gasteiger partial charge in [0.1, 0.15) is 0 Å². The number of aromatic nitrogens is 1. The highest BCUT2D eigenvalue weighted by atomic mass is 79.9. The number of fused-ring (bicyclic) bond motifs is 1. The zero-order valence-corrected chi connectivity index (χ0v) is 11.8. The number of nitrogens with one attached hydrogen (secondary N) is 1. The zero-order valence-electron chi connectivity index (χ0n) is 10.2. The van der Waals surface area contributed by atoms with Gasteiger partial charge >= 0.3 is 0 Å². The third-order valence-electron chi connectivity index (χ3n) is 2.94. The molecule has 1 N–H and O–H groups in total. The lowest BCUT2D eigenvalue weighted by molar-refractivity contribution is 0.174. The van der Waals surface area contributed by atoms with E-state index in [1.54, 1.807) is 12.4 Å². The molecule has 2 aromatic rings. The number of rotatable bonds is 4. The van der Waals surface area contributed by atoms with E-state index >= 15 is 0 Å². The molecule has 98 valence electrons. The first-order chi connectivity index (χ1) is 9.33. The predicted octanol–water partition coefficient (Wildman–Crippen LogP) is 2.86. The van der Waals surface area contributed by atoms with Gasteiger partial charge in [0.25, 0.3) is 0 Å². The van der Waals surface area contributed by atoms with Crippen molar-refractivity contribution in [1.29, 1.82) is 0 Å². The van der Waals surface area contributed by atoms with E-state index < -0.39 is 0 Å². The Morgan fingerprint density at radius 1 is 1.11 bits per heavy atom. The van der Waals surface area contributed by atoms with Crippen molar-refractivity contribution < 1.29 is 9.47 Å². The average molecular weight is 321 g/mol. The molecule has 0 spiro atoms. The van der Waals surface area contributed by atoms with E-state index in [0.29, 0.717) is 6.79 Å². The Kier molecular flexibility index (Phi) is 3.66. The molecule has 1 aromatic heterocycles. The highest BCUT2D eigenvalue weighted by Gasteiger charge is 2.15. The Morgan fingerprint density at radius 3 is 2.63 bits per heavy atom. The normalized spacial score (nSPS) is 12.7. The number of pyridine rings is 1. The van der Waals surface area contributed by atoms with Crippen LogP contribution in [0.15, 0.2) is 41.1 Å². The summed E-state index contributed by atoms with van der Waals surface area (Å²) >= 11 is 3.55. The van der Waals surface area contributed by atoms with Crippen LogP contribution in [0.5, 0.6) is 11.5 Å². The summed E-state index contributed by atoms with van der Waals surface area (Å²) in [6.07, 6.45) is 3.60. The predicted molar refractivity (Wildman–Crippen MR) is 75.0 cm³/mol. The fraction of sp³-hybridized carbons (Fsp3) is 0.214. The minimum Gasteiger partial charge on any atom is -0.454 e. The van der Waals surface area contributed by atoms with E-state index in [-0.39, 0.29) is 0 Å². The van der Waals surface area contributed by atoms with Crippen LogP contribution in [0.25, 0.3) is 0 Å². The molecule has 0 amide bonds. The molecule has 0 atom stereocenters. The van der Waals surface area contributed by atoms with Crippen molar-refractivity contribution in [1.82, 2.24) is 10.3 Å². The molecular formula is C14H13BrN2O2. The summed E-state index contributed by atoms with van der Waals surface area (Å²) in [6.45, 7) is 1.87. The van der Waals surface area contributed by atoms with Crippen LogP contribution in [0.3, 0.4) is 0 Å². The van der Waals surface area contributed by atoms with Crippen molar-refractivity contribution in [3.05, 3.63) is 52.3 Å². The highest BCUT2D eigenvalue weighted by molar-refractivity contribution is 9.10. The summed E-state index contributed by atoms with van der Waals surface area (Å²) in [5.74, 6) is 1.61. The second kappa shape index (κ2) is 5.59. The van der Waals surface area contributed by atoms with E-state index in [0.717, 1.165) is 34.6 Å². The van der Waals surface area contributed by atoms with Crippen LogP contribution in [0, 0.1) is 0 Å². The number of ether oxygens (including phenoxy) is 2. The van der Waals surface area contributed by atoms with Gasteiger partial charge in [-0.1, -0.05) is 15.9 Å². The minimum absolute atomic E-state index is 0.301. The Bertz CT molecular complexity index is 575. The van der Waals surface area contributed by atoms with Crippen LogP contribution in [-0.2, 0) is 13.1 Å². The van der Waals surface area contributed by atoms with Gasteiger partial charge in [0.05, 0.1) is 0 Å². The lowest BCUT2D eigenvalue weighted by Gasteiger charge is -2.08. The lowest BCUT2D eigenvalue weighted by Crippen LogP contribution is -2.13. The van der Waals surface area contributed by atoms with Gasteiger partial charge in [-0.3, -0.25) is 4.98 Å². The largest absolute Gasteiger partial charge is 0.454 e. The molecule has 0 radical (unpaired) electrons. The van der Waals surface area contributed by atoms with E-state index in [1.165, 1.54) is 5.56 Å². The molecule has 0 bridgehead atoms. The molecule has 3 rings (SSSR count). The maximum atomic E-state index is 5.38. The number of nitrogens with zero attached hydrogens (tertiary/aromatic N) is 1. The Balaban J connectivity index is 1.64. The molecule has 0 saturated carbocycles. The standard InChI is InChI=1S/C14H13BrN2O2/c15-12-6-14-13(18-9-19-14)5-11(12)8-17-7-10-1-3-16-4-2-10/h1-6,17H,7-9H2. The first-order valence-corrected chi connectivity index (χ1v) is 6.80. The maximum absolute atomic E-state index is 5.38. The summed E-state index contributed by atoms with van der Waals surface area (Å²) in [6, 6.07) is 7.96. The molecule has 5 heteroatoms. The first-order valence-electron chi connectivity index (χ1n) is 6.00. The first kappa shape index (κ1) is 12.4. The second-order valence-corrected chi connectivity index (χ2v) is 5.11. The fourth-order valence-electron chi connectivity index (χ4n) is 1.94. The van der Waals surface area contributed by atoms with Crippen LogP contribution in [0.4, 0.5) is 0 Å². The van der Waals surface area contributed by atoms with E-state index in [9.17, 15) is 0 Å². The SMILES string of the molecule is Brc1cc2c(cc1CNCc1ccncc1)OCO2.